The van der Waals surface area contributed by atoms with E-state index in [1.807, 2.05) is 10.6 Å². The van der Waals surface area contributed by atoms with Gasteiger partial charge in [0, 0.05) is 43.7 Å². The van der Waals surface area contributed by atoms with Crippen LogP contribution >= 0.6 is 0 Å². The van der Waals surface area contributed by atoms with E-state index in [1.165, 1.54) is 13.3 Å². The first kappa shape index (κ1) is 23.3. The molecule has 0 radical (unpaired) electrons. The molecule has 1 fully saturated rings. The monoisotopic (exact) mass is 492 g/mol. The number of hydrogen-bond acceptors (Lipinski definition) is 9. The Morgan fingerprint density at radius 1 is 1.33 bits per heavy atom. The number of rotatable bonds is 7. The van der Waals surface area contributed by atoms with Gasteiger partial charge in [-0.1, -0.05) is 0 Å². The third-order valence-electron chi connectivity index (χ3n) is 5.85. The van der Waals surface area contributed by atoms with Gasteiger partial charge < -0.3 is 24.8 Å². The maximum absolute atomic E-state index is 12.7. The second-order valence-electron chi connectivity index (χ2n) is 8.15. The van der Waals surface area contributed by atoms with E-state index in [0.717, 1.165) is 11.2 Å². The second kappa shape index (κ2) is 10.0. The molecule has 0 aliphatic carbocycles. The summed E-state index contributed by atoms with van der Waals surface area (Å²) in [6, 6.07) is 6.94. The van der Waals surface area contributed by atoms with Crippen LogP contribution in [0.4, 0.5) is 5.82 Å². The number of carbonyl (C=O) groups excluding carboxylic acids is 3. The topological polar surface area (TPSA) is 146 Å². The number of nitrogens with one attached hydrogen (secondary N) is 2. The quantitative estimate of drug-likeness (QED) is 0.361. The minimum atomic E-state index is -0.749. The number of amides is 2. The molecule has 2 amide bonds. The number of carbonyl (C=O) groups is 3. The second-order valence-corrected chi connectivity index (χ2v) is 8.15. The number of benzene rings is 1. The smallest absolute Gasteiger partial charge is 0.306 e. The predicted molar refractivity (Wildman–Crippen MR) is 127 cm³/mol. The Balaban J connectivity index is 1.40. The first-order valence-electron chi connectivity index (χ1n) is 11.5. The Bertz CT molecular complexity index is 1400. The molecule has 1 aromatic carbocycles. The van der Waals surface area contributed by atoms with Gasteiger partial charge in [0.15, 0.2) is 17.6 Å². The summed E-state index contributed by atoms with van der Waals surface area (Å²) in [5.41, 5.74) is 1.08. The largest absolute Gasteiger partial charge is 0.491 e. The van der Waals surface area contributed by atoms with Gasteiger partial charge in [0.25, 0.3) is 11.8 Å². The summed E-state index contributed by atoms with van der Waals surface area (Å²) < 4.78 is 18.3. The number of hydrogen-bond donors (Lipinski definition) is 2. The number of nitrogens with zero attached hydrogens (tertiary/aromatic N) is 4. The summed E-state index contributed by atoms with van der Waals surface area (Å²) >= 11 is 0. The standard InChI is InChI=1S/C24H24N6O6/c1-34-20-16(35-12-10-27-23(33)17-6-7-18(31)36-17)5-4-15-19(20)28-24(30-11-9-26-21(15)30)29-22(32)14-3-2-8-25-13-14/h2-5,8,13,17,26H,6-7,9-12H2,1H3,(H,27,33)/t17-/m1/s1. The average Bonchev–Trinajstić information content (AvgIpc) is 3.56. The number of pyridine rings is 1. The van der Waals surface area contributed by atoms with Crippen LogP contribution in [0.1, 0.15) is 23.2 Å². The highest BCUT2D eigenvalue weighted by atomic mass is 16.6. The van der Waals surface area contributed by atoms with Crippen LogP contribution in [0.5, 0.6) is 11.5 Å². The average molecular weight is 492 g/mol. The van der Waals surface area contributed by atoms with Crippen molar-refractivity contribution in [3.05, 3.63) is 47.8 Å². The number of cyclic esters (lactones) is 1. The molecule has 186 valence electrons. The first-order valence-corrected chi connectivity index (χ1v) is 11.5. The van der Waals surface area contributed by atoms with Crippen molar-refractivity contribution >= 4 is 34.5 Å². The molecule has 12 nitrogen and oxygen atoms in total. The molecule has 12 heteroatoms. The molecule has 1 saturated heterocycles. The van der Waals surface area contributed by atoms with Crippen molar-refractivity contribution < 1.29 is 28.6 Å². The molecule has 1 atom stereocenters. The SMILES string of the molecule is COc1c(OCCNC(=O)[C@H]2CCC(=O)O2)ccc2c3n(c(=NC(=O)c4cccnc4)nc12)CCN3. The zero-order valence-corrected chi connectivity index (χ0v) is 19.5. The maximum Gasteiger partial charge on any atom is 0.306 e. The summed E-state index contributed by atoms with van der Waals surface area (Å²) in [6.07, 6.45) is 2.92. The van der Waals surface area contributed by atoms with Crippen LogP contribution in [0.15, 0.2) is 41.7 Å². The van der Waals surface area contributed by atoms with Crippen LogP contribution < -0.4 is 25.7 Å². The zero-order chi connectivity index (χ0) is 25.1. The molecule has 2 aliphatic rings. The molecule has 3 aromatic rings. The van der Waals surface area contributed by atoms with Crippen LogP contribution in [0.3, 0.4) is 0 Å². The molecular formula is C24H24N6O6. The minimum Gasteiger partial charge on any atom is -0.491 e. The third-order valence-corrected chi connectivity index (χ3v) is 5.85. The van der Waals surface area contributed by atoms with E-state index >= 15 is 0 Å². The van der Waals surface area contributed by atoms with Gasteiger partial charge in [-0.25, -0.2) is 4.98 Å². The fourth-order valence-electron chi connectivity index (χ4n) is 4.15. The van der Waals surface area contributed by atoms with Crippen molar-refractivity contribution in [3.8, 4) is 11.5 Å². The normalized spacial score (nSPS) is 16.9. The molecule has 2 N–H and O–H groups in total. The molecule has 36 heavy (non-hydrogen) atoms. The molecule has 0 bridgehead atoms. The van der Waals surface area contributed by atoms with Crippen molar-refractivity contribution in [1.82, 2.24) is 19.9 Å². The molecule has 2 aliphatic heterocycles. The molecule has 2 aromatic heterocycles. The predicted octanol–water partition coefficient (Wildman–Crippen LogP) is 0.807. The van der Waals surface area contributed by atoms with Gasteiger partial charge in [-0.05, 0) is 24.3 Å². The number of ether oxygens (including phenoxy) is 3. The molecule has 0 spiro atoms. The van der Waals surface area contributed by atoms with E-state index < -0.39 is 12.0 Å². The van der Waals surface area contributed by atoms with Crippen molar-refractivity contribution in [2.45, 2.75) is 25.5 Å². The van der Waals surface area contributed by atoms with Crippen LogP contribution in [0.2, 0.25) is 0 Å². The van der Waals surface area contributed by atoms with E-state index in [9.17, 15) is 14.4 Å². The van der Waals surface area contributed by atoms with Crippen molar-refractivity contribution in [1.29, 1.82) is 0 Å². The number of fused-ring (bicyclic) bond motifs is 3. The molecule has 0 saturated carbocycles. The lowest BCUT2D eigenvalue weighted by Crippen LogP contribution is -2.36. The highest BCUT2D eigenvalue weighted by Crippen LogP contribution is 2.37. The van der Waals surface area contributed by atoms with E-state index in [-0.39, 0.29) is 37.1 Å². The summed E-state index contributed by atoms with van der Waals surface area (Å²) in [5, 5.41) is 6.82. The Hall–Kier alpha value is -4.48. The number of aromatic nitrogens is 3. The van der Waals surface area contributed by atoms with Gasteiger partial charge in [0.05, 0.1) is 19.2 Å². The first-order chi connectivity index (χ1) is 17.5. The van der Waals surface area contributed by atoms with Crippen molar-refractivity contribution in [2.75, 3.05) is 32.1 Å². The van der Waals surface area contributed by atoms with Gasteiger partial charge in [-0.15, -0.1) is 0 Å². The van der Waals surface area contributed by atoms with E-state index in [2.05, 4.69) is 25.6 Å². The lowest BCUT2D eigenvalue weighted by Gasteiger charge is -2.15. The van der Waals surface area contributed by atoms with Gasteiger partial charge >= 0.3 is 5.97 Å². The van der Waals surface area contributed by atoms with Crippen LogP contribution in [-0.2, 0) is 20.9 Å². The summed E-state index contributed by atoms with van der Waals surface area (Å²) in [5.74, 6) is 0.414. The minimum absolute atomic E-state index is 0.156. The Kier molecular flexibility index (Phi) is 6.48. The van der Waals surface area contributed by atoms with Gasteiger partial charge in [0.1, 0.15) is 17.9 Å². The maximum atomic E-state index is 12.7. The summed E-state index contributed by atoms with van der Waals surface area (Å²) in [6.45, 7) is 1.64. The molecule has 5 rings (SSSR count). The highest BCUT2D eigenvalue weighted by molar-refractivity contribution is 5.96. The van der Waals surface area contributed by atoms with Crippen molar-refractivity contribution in [2.24, 2.45) is 4.99 Å². The Morgan fingerprint density at radius 3 is 2.97 bits per heavy atom. The highest BCUT2D eigenvalue weighted by Gasteiger charge is 2.29. The fraction of sp³-hybridized carbons (Fsp3) is 0.333. The fourth-order valence-corrected chi connectivity index (χ4v) is 4.15. The third kappa shape index (κ3) is 4.57. The lowest BCUT2D eigenvalue weighted by atomic mass is 10.2. The Labute approximate surface area is 205 Å². The molecular weight excluding hydrogens is 468 g/mol. The van der Waals surface area contributed by atoms with E-state index in [0.29, 0.717) is 42.1 Å². The summed E-state index contributed by atoms with van der Waals surface area (Å²) in [4.78, 5) is 48.9. The zero-order valence-electron chi connectivity index (χ0n) is 19.5. The van der Waals surface area contributed by atoms with E-state index in [4.69, 9.17) is 14.2 Å². The molecule has 0 unspecified atom stereocenters. The number of esters is 1. The molecule has 4 heterocycles. The van der Waals surface area contributed by atoms with Crippen LogP contribution in [-0.4, -0.2) is 65.2 Å². The van der Waals surface area contributed by atoms with Gasteiger partial charge in [-0.3, -0.25) is 23.9 Å². The number of anilines is 1. The number of methoxy groups -OCH3 is 1. The van der Waals surface area contributed by atoms with Gasteiger partial charge in [-0.2, -0.15) is 4.99 Å². The van der Waals surface area contributed by atoms with Crippen LogP contribution in [0.25, 0.3) is 10.9 Å². The van der Waals surface area contributed by atoms with E-state index in [1.54, 1.807) is 24.4 Å². The summed E-state index contributed by atoms with van der Waals surface area (Å²) in [7, 11) is 1.50. The van der Waals surface area contributed by atoms with Crippen LogP contribution in [0, 0.1) is 0 Å². The lowest BCUT2D eigenvalue weighted by molar-refractivity contribution is -0.148. The Morgan fingerprint density at radius 2 is 2.22 bits per heavy atom. The van der Waals surface area contributed by atoms with Gasteiger partial charge in [0.2, 0.25) is 5.62 Å². The van der Waals surface area contributed by atoms with Crippen molar-refractivity contribution in [3.63, 3.8) is 0 Å².